The highest BCUT2D eigenvalue weighted by Gasteiger charge is 2.26. The van der Waals surface area contributed by atoms with Crippen molar-refractivity contribution in [2.45, 2.75) is 18.9 Å². The molecule has 0 bridgehead atoms. The van der Waals surface area contributed by atoms with Crippen molar-refractivity contribution < 1.29 is 14.3 Å². The lowest BCUT2D eigenvalue weighted by Gasteiger charge is -2.32. The summed E-state index contributed by atoms with van der Waals surface area (Å²) in [6, 6.07) is 9.05. The number of nitrogens with zero attached hydrogens (tertiary/aromatic N) is 3. The molecule has 2 heterocycles. The number of rotatable bonds is 4. The first-order valence-corrected chi connectivity index (χ1v) is 7.63. The number of amides is 1. The minimum Gasteiger partial charge on any atom is -0.496 e. The summed E-state index contributed by atoms with van der Waals surface area (Å²) in [6.45, 7) is 1.32. The van der Waals surface area contributed by atoms with Crippen LogP contribution in [-0.2, 0) is 0 Å². The molecule has 0 unspecified atom stereocenters. The van der Waals surface area contributed by atoms with E-state index in [9.17, 15) is 4.79 Å². The third-order valence-electron chi connectivity index (χ3n) is 3.91. The molecule has 0 atom stereocenters. The summed E-state index contributed by atoms with van der Waals surface area (Å²) in [7, 11) is 1.58. The Kier molecular flexibility index (Phi) is 4.71. The Labute approximate surface area is 135 Å². The van der Waals surface area contributed by atoms with Crippen LogP contribution in [0.15, 0.2) is 42.9 Å². The highest BCUT2D eigenvalue weighted by Crippen LogP contribution is 2.22. The van der Waals surface area contributed by atoms with Crippen LogP contribution in [0.1, 0.15) is 23.2 Å². The highest BCUT2D eigenvalue weighted by molar-refractivity contribution is 5.97. The first-order chi connectivity index (χ1) is 11.3. The summed E-state index contributed by atoms with van der Waals surface area (Å²) in [5.41, 5.74) is 0.602. The van der Waals surface area contributed by atoms with Gasteiger partial charge in [-0.3, -0.25) is 4.79 Å². The average molecular weight is 313 g/mol. The second-order valence-electron chi connectivity index (χ2n) is 5.36. The number of piperidine rings is 1. The summed E-state index contributed by atoms with van der Waals surface area (Å²) in [5.74, 6) is 1.19. The second-order valence-corrected chi connectivity index (χ2v) is 5.36. The number of carbonyl (C=O) groups excluding carboxylic acids is 1. The summed E-state index contributed by atoms with van der Waals surface area (Å²) >= 11 is 0. The molecule has 0 N–H and O–H groups in total. The summed E-state index contributed by atoms with van der Waals surface area (Å²) in [5, 5.41) is 0. The molecule has 23 heavy (non-hydrogen) atoms. The maximum atomic E-state index is 12.6. The minimum atomic E-state index is 0.00272. The molecule has 120 valence electrons. The van der Waals surface area contributed by atoms with Crippen LogP contribution in [0, 0.1) is 0 Å². The van der Waals surface area contributed by atoms with Gasteiger partial charge in [0, 0.05) is 38.2 Å². The molecule has 1 fully saturated rings. The fourth-order valence-electron chi connectivity index (χ4n) is 2.69. The van der Waals surface area contributed by atoms with Crippen molar-refractivity contribution in [2.24, 2.45) is 0 Å². The van der Waals surface area contributed by atoms with Gasteiger partial charge in [0.15, 0.2) is 0 Å². The summed E-state index contributed by atoms with van der Waals surface area (Å²) < 4.78 is 11.1. The Morgan fingerprint density at radius 2 is 2.00 bits per heavy atom. The molecule has 6 nitrogen and oxygen atoms in total. The first kappa shape index (κ1) is 15.3. The molecule has 1 aromatic heterocycles. The standard InChI is InChI=1S/C17H19N3O3/c1-22-15-5-3-2-4-14(15)17(21)20-10-7-13(8-11-20)23-16-6-9-18-12-19-16/h2-6,9,12-13H,7-8,10-11H2,1H3. The van der Waals surface area contributed by atoms with E-state index >= 15 is 0 Å². The van der Waals surface area contributed by atoms with Gasteiger partial charge in [0.1, 0.15) is 18.2 Å². The maximum Gasteiger partial charge on any atom is 0.257 e. The summed E-state index contributed by atoms with van der Waals surface area (Å²) in [4.78, 5) is 22.4. The number of para-hydroxylation sites is 1. The first-order valence-electron chi connectivity index (χ1n) is 7.63. The minimum absolute atomic E-state index is 0.00272. The van der Waals surface area contributed by atoms with E-state index in [1.807, 2.05) is 17.0 Å². The van der Waals surface area contributed by atoms with E-state index in [4.69, 9.17) is 9.47 Å². The molecule has 0 spiro atoms. The average Bonchev–Trinajstić information content (AvgIpc) is 2.62. The van der Waals surface area contributed by atoms with Crippen LogP contribution in [0.2, 0.25) is 0 Å². The molecule has 1 saturated heterocycles. The predicted molar refractivity (Wildman–Crippen MR) is 84.6 cm³/mol. The predicted octanol–water partition coefficient (Wildman–Crippen LogP) is 2.17. The van der Waals surface area contributed by atoms with E-state index in [-0.39, 0.29) is 12.0 Å². The number of ether oxygens (including phenoxy) is 2. The fourth-order valence-corrected chi connectivity index (χ4v) is 2.69. The fraction of sp³-hybridized carbons (Fsp3) is 0.353. The number of likely N-dealkylation sites (tertiary alicyclic amines) is 1. The normalized spacial score (nSPS) is 15.3. The second kappa shape index (κ2) is 7.09. The van der Waals surface area contributed by atoms with E-state index in [1.165, 1.54) is 6.33 Å². The zero-order valence-corrected chi connectivity index (χ0v) is 13.0. The van der Waals surface area contributed by atoms with Gasteiger partial charge in [-0.1, -0.05) is 12.1 Å². The topological polar surface area (TPSA) is 64.5 Å². The number of hydrogen-bond donors (Lipinski definition) is 0. The van der Waals surface area contributed by atoms with E-state index < -0.39 is 0 Å². The maximum absolute atomic E-state index is 12.6. The molecular formula is C17H19N3O3. The molecule has 1 aliphatic rings. The Balaban J connectivity index is 1.59. The molecule has 0 radical (unpaired) electrons. The van der Waals surface area contributed by atoms with E-state index in [2.05, 4.69) is 9.97 Å². The van der Waals surface area contributed by atoms with Gasteiger partial charge >= 0.3 is 0 Å². The smallest absolute Gasteiger partial charge is 0.257 e. The number of carbonyl (C=O) groups is 1. The van der Waals surface area contributed by atoms with Crippen molar-refractivity contribution in [1.29, 1.82) is 0 Å². The van der Waals surface area contributed by atoms with Crippen molar-refractivity contribution in [3.05, 3.63) is 48.4 Å². The van der Waals surface area contributed by atoms with Crippen molar-refractivity contribution in [3.63, 3.8) is 0 Å². The third kappa shape index (κ3) is 3.59. The lowest BCUT2D eigenvalue weighted by molar-refractivity contribution is 0.0585. The number of aromatic nitrogens is 2. The van der Waals surface area contributed by atoms with E-state index in [1.54, 1.807) is 31.5 Å². The molecule has 1 aromatic carbocycles. The quantitative estimate of drug-likeness (QED) is 0.865. The molecule has 1 amide bonds. The third-order valence-corrected chi connectivity index (χ3v) is 3.91. The number of hydrogen-bond acceptors (Lipinski definition) is 5. The van der Waals surface area contributed by atoms with Gasteiger partial charge in [-0.05, 0) is 12.1 Å². The Morgan fingerprint density at radius 1 is 1.22 bits per heavy atom. The lowest BCUT2D eigenvalue weighted by atomic mass is 10.1. The van der Waals surface area contributed by atoms with Gasteiger partial charge in [0.25, 0.3) is 5.91 Å². The van der Waals surface area contributed by atoms with Crippen LogP contribution in [-0.4, -0.2) is 47.1 Å². The molecular weight excluding hydrogens is 294 g/mol. The Morgan fingerprint density at radius 3 is 2.70 bits per heavy atom. The highest BCUT2D eigenvalue weighted by atomic mass is 16.5. The lowest BCUT2D eigenvalue weighted by Crippen LogP contribution is -2.42. The molecule has 6 heteroatoms. The Hall–Kier alpha value is -2.63. The van der Waals surface area contributed by atoms with E-state index in [0.29, 0.717) is 30.3 Å². The molecule has 2 aromatic rings. The number of benzene rings is 1. The van der Waals surface area contributed by atoms with Crippen molar-refractivity contribution in [3.8, 4) is 11.6 Å². The van der Waals surface area contributed by atoms with Gasteiger partial charge in [-0.25, -0.2) is 9.97 Å². The van der Waals surface area contributed by atoms with Gasteiger partial charge in [0.05, 0.1) is 12.7 Å². The van der Waals surface area contributed by atoms with Crippen LogP contribution in [0.25, 0.3) is 0 Å². The number of methoxy groups -OCH3 is 1. The SMILES string of the molecule is COc1ccccc1C(=O)N1CCC(Oc2ccncn2)CC1. The van der Waals surface area contributed by atoms with Crippen molar-refractivity contribution >= 4 is 5.91 Å². The molecule has 3 rings (SSSR count). The van der Waals surface area contributed by atoms with Crippen LogP contribution < -0.4 is 9.47 Å². The monoisotopic (exact) mass is 313 g/mol. The van der Waals surface area contributed by atoms with Crippen LogP contribution in [0.3, 0.4) is 0 Å². The van der Waals surface area contributed by atoms with Gasteiger partial charge < -0.3 is 14.4 Å². The van der Waals surface area contributed by atoms with Gasteiger partial charge in [-0.15, -0.1) is 0 Å². The van der Waals surface area contributed by atoms with E-state index in [0.717, 1.165) is 12.8 Å². The van der Waals surface area contributed by atoms with Crippen LogP contribution in [0.4, 0.5) is 0 Å². The molecule has 0 aliphatic carbocycles. The van der Waals surface area contributed by atoms with Gasteiger partial charge in [0.2, 0.25) is 5.88 Å². The molecule has 0 saturated carbocycles. The Bertz CT molecular complexity index is 655. The van der Waals surface area contributed by atoms with Crippen LogP contribution >= 0.6 is 0 Å². The molecule has 1 aliphatic heterocycles. The zero-order chi connectivity index (χ0) is 16.1. The largest absolute Gasteiger partial charge is 0.496 e. The zero-order valence-electron chi connectivity index (χ0n) is 13.0. The summed E-state index contributed by atoms with van der Waals surface area (Å²) in [6.07, 6.45) is 4.76. The van der Waals surface area contributed by atoms with Gasteiger partial charge in [-0.2, -0.15) is 0 Å². The van der Waals surface area contributed by atoms with Crippen LogP contribution in [0.5, 0.6) is 11.6 Å². The van der Waals surface area contributed by atoms with Crippen molar-refractivity contribution in [1.82, 2.24) is 14.9 Å². The van der Waals surface area contributed by atoms with Crippen molar-refractivity contribution in [2.75, 3.05) is 20.2 Å².